The first-order chi connectivity index (χ1) is 16.5. The molecule has 2 heterocycles. The highest BCUT2D eigenvalue weighted by Gasteiger charge is 2.20. The number of terminal acetylenes is 1. The summed E-state index contributed by atoms with van der Waals surface area (Å²) in [6.07, 6.45) is 6.24. The van der Waals surface area contributed by atoms with Crippen LogP contribution in [-0.4, -0.2) is 40.2 Å². The number of aliphatic hydroxyl groups excluding tert-OH is 1. The Morgan fingerprint density at radius 1 is 1.21 bits per heavy atom. The summed E-state index contributed by atoms with van der Waals surface area (Å²) in [5, 5.41) is 10.1. The SMILES string of the molecule is C#CCOc1ccc2c(c1)c(-c1ccc(C(C)C)cc1)nc(=S)n2CC1=C(OCCO)CCS1. The predicted molar refractivity (Wildman–Crippen MR) is 142 cm³/mol. The summed E-state index contributed by atoms with van der Waals surface area (Å²) >= 11 is 7.54. The topological polar surface area (TPSA) is 56.5 Å². The summed E-state index contributed by atoms with van der Waals surface area (Å²) < 4.78 is 14.0. The number of allylic oxidation sites excluding steroid dienone is 2. The lowest BCUT2D eigenvalue weighted by molar-refractivity contribution is 0.140. The largest absolute Gasteiger partial charge is 0.495 e. The number of fused-ring (bicyclic) bond motifs is 1. The molecular weight excluding hydrogens is 464 g/mol. The van der Waals surface area contributed by atoms with Crippen molar-refractivity contribution in [2.24, 2.45) is 0 Å². The van der Waals surface area contributed by atoms with Gasteiger partial charge in [0, 0.05) is 28.0 Å². The van der Waals surface area contributed by atoms with Gasteiger partial charge in [-0.2, -0.15) is 0 Å². The second-order valence-corrected chi connectivity index (χ2v) is 9.85. The van der Waals surface area contributed by atoms with Gasteiger partial charge in [-0.15, -0.1) is 18.2 Å². The number of hydrogen-bond acceptors (Lipinski definition) is 6. The summed E-state index contributed by atoms with van der Waals surface area (Å²) in [5.41, 5.74) is 4.07. The molecule has 0 fully saturated rings. The molecule has 1 N–H and O–H groups in total. The number of benzene rings is 2. The van der Waals surface area contributed by atoms with Gasteiger partial charge >= 0.3 is 0 Å². The van der Waals surface area contributed by atoms with E-state index < -0.39 is 0 Å². The smallest absolute Gasteiger partial charge is 0.200 e. The predicted octanol–water partition coefficient (Wildman–Crippen LogP) is 5.93. The van der Waals surface area contributed by atoms with Crippen molar-refractivity contribution in [3.8, 4) is 29.4 Å². The van der Waals surface area contributed by atoms with Gasteiger partial charge in [-0.3, -0.25) is 0 Å². The third-order valence-corrected chi connectivity index (χ3v) is 7.14. The molecule has 1 aliphatic rings. The van der Waals surface area contributed by atoms with Crippen molar-refractivity contribution in [2.45, 2.75) is 32.7 Å². The Hall–Kier alpha value is -2.79. The molecule has 0 radical (unpaired) electrons. The molecule has 0 bridgehead atoms. The Labute approximate surface area is 209 Å². The minimum atomic E-state index is -0.00388. The Kier molecular flexibility index (Phi) is 7.94. The molecule has 2 aromatic carbocycles. The van der Waals surface area contributed by atoms with Gasteiger partial charge < -0.3 is 19.1 Å². The molecule has 1 aliphatic heterocycles. The van der Waals surface area contributed by atoms with Crippen LogP contribution in [0.2, 0.25) is 0 Å². The van der Waals surface area contributed by atoms with E-state index in [4.69, 9.17) is 38.2 Å². The lowest BCUT2D eigenvalue weighted by atomic mass is 9.99. The molecule has 3 aromatic rings. The van der Waals surface area contributed by atoms with E-state index in [1.54, 1.807) is 11.8 Å². The van der Waals surface area contributed by atoms with E-state index in [0.29, 0.717) is 29.6 Å². The van der Waals surface area contributed by atoms with E-state index in [1.807, 2.05) is 22.8 Å². The molecule has 0 unspecified atom stereocenters. The molecule has 0 amide bonds. The monoisotopic (exact) mass is 492 g/mol. The normalized spacial score (nSPS) is 13.5. The number of nitrogens with zero attached hydrogens (tertiary/aromatic N) is 2. The van der Waals surface area contributed by atoms with Crippen molar-refractivity contribution in [3.63, 3.8) is 0 Å². The Morgan fingerprint density at radius 3 is 2.71 bits per heavy atom. The van der Waals surface area contributed by atoms with Gasteiger partial charge in [0.25, 0.3) is 0 Å². The van der Waals surface area contributed by atoms with Gasteiger partial charge in [0.2, 0.25) is 4.77 Å². The number of ether oxygens (including phenoxy) is 2. The zero-order chi connectivity index (χ0) is 24.1. The van der Waals surface area contributed by atoms with Crippen molar-refractivity contribution in [1.29, 1.82) is 0 Å². The molecule has 0 saturated carbocycles. The summed E-state index contributed by atoms with van der Waals surface area (Å²) in [6.45, 7) is 5.43. The average molecular weight is 493 g/mol. The Bertz CT molecular complexity index is 1300. The lowest BCUT2D eigenvalue weighted by Gasteiger charge is -2.17. The fourth-order valence-corrected chi connectivity index (χ4v) is 5.29. The van der Waals surface area contributed by atoms with Crippen LogP contribution in [0, 0.1) is 17.1 Å². The maximum Gasteiger partial charge on any atom is 0.200 e. The van der Waals surface area contributed by atoms with Gasteiger partial charge in [0.05, 0.1) is 24.4 Å². The summed E-state index contributed by atoms with van der Waals surface area (Å²) in [4.78, 5) is 5.99. The second-order valence-electron chi connectivity index (χ2n) is 8.29. The number of hydrogen-bond donors (Lipinski definition) is 1. The van der Waals surface area contributed by atoms with Gasteiger partial charge in [-0.25, -0.2) is 4.98 Å². The highest BCUT2D eigenvalue weighted by Crippen LogP contribution is 2.36. The third-order valence-electron chi connectivity index (χ3n) is 5.71. The standard InChI is InChI=1S/C27H28N2O3S2/c1-4-13-31-21-9-10-23-22(16-21)26(20-7-5-19(6-8-20)18(2)3)28-27(33)29(23)17-25-24(11-15-34-25)32-14-12-30/h1,5-10,16,18,30H,11-15,17H2,2-3H3. The molecule has 0 atom stereocenters. The van der Waals surface area contributed by atoms with Crippen LogP contribution in [-0.2, 0) is 11.3 Å². The molecule has 34 heavy (non-hydrogen) atoms. The average Bonchev–Trinajstić information content (AvgIpc) is 3.29. The van der Waals surface area contributed by atoms with Crippen LogP contribution in [0.15, 0.2) is 53.1 Å². The first kappa shape index (κ1) is 24.3. The summed E-state index contributed by atoms with van der Waals surface area (Å²) in [7, 11) is 0. The van der Waals surface area contributed by atoms with Crippen LogP contribution in [0.1, 0.15) is 31.7 Å². The van der Waals surface area contributed by atoms with Crippen LogP contribution in [0.25, 0.3) is 22.2 Å². The van der Waals surface area contributed by atoms with E-state index in [-0.39, 0.29) is 13.2 Å². The Morgan fingerprint density at radius 2 is 2.00 bits per heavy atom. The minimum Gasteiger partial charge on any atom is -0.495 e. The quantitative estimate of drug-likeness (QED) is 0.295. The second kappa shape index (κ2) is 11.1. The van der Waals surface area contributed by atoms with Crippen LogP contribution in [0.3, 0.4) is 0 Å². The van der Waals surface area contributed by atoms with Crippen LogP contribution in [0.4, 0.5) is 0 Å². The maximum absolute atomic E-state index is 9.15. The number of thioether (sulfide) groups is 1. The molecular formula is C27H28N2O3S2. The molecule has 5 nitrogen and oxygen atoms in total. The molecule has 1 aromatic heterocycles. The van der Waals surface area contributed by atoms with Crippen molar-refractivity contribution in [1.82, 2.24) is 9.55 Å². The molecule has 7 heteroatoms. The van der Waals surface area contributed by atoms with E-state index >= 15 is 0 Å². The summed E-state index contributed by atoms with van der Waals surface area (Å²) in [5.74, 6) is 5.55. The van der Waals surface area contributed by atoms with Gasteiger partial charge in [0.15, 0.2) is 0 Å². The van der Waals surface area contributed by atoms with Crippen molar-refractivity contribution in [2.75, 3.05) is 25.6 Å². The summed E-state index contributed by atoms with van der Waals surface area (Å²) in [6, 6.07) is 14.4. The van der Waals surface area contributed by atoms with Gasteiger partial charge in [0.1, 0.15) is 24.7 Å². The fourth-order valence-electron chi connectivity index (χ4n) is 3.96. The van der Waals surface area contributed by atoms with E-state index in [1.165, 1.54) is 5.56 Å². The lowest BCUT2D eigenvalue weighted by Crippen LogP contribution is -2.08. The van der Waals surface area contributed by atoms with E-state index in [0.717, 1.165) is 45.0 Å². The van der Waals surface area contributed by atoms with Crippen LogP contribution in [0.5, 0.6) is 5.75 Å². The van der Waals surface area contributed by atoms with Crippen molar-refractivity contribution < 1.29 is 14.6 Å². The van der Waals surface area contributed by atoms with Crippen molar-refractivity contribution in [3.05, 3.63) is 63.5 Å². The van der Waals surface area contributed by atoms with Gasteiger partial charge in [-0.1, -0.05) is 44.0 Å². The zero-order valence-electron chi connectivity index (χ0n) is 19.4. The fraction of sp³-hybridized carbons (Fsp3) is 0.333. The molecule has 4 rings (SSSR count). The highest BCUT2D eigenvalue weighted by atomic mass is 32.2. The highest BCUT2D eigenvalue weighted by molar-refractivity contribution is 8.03. The van der Waals surface area contributed by atoms with E-state index in [2.05, 4.69) is 44.0 Å². The number of aromatic nitrogens is 2. The van der Waals surface area contributed by atoms with Crippen LogP contribution < -0.4 is 4.74 Å². The first-order valence-corrected chi connectivity index (χ1v) is 12.7. The Balaban J connectivity index is 1.83. The maximum atomic E-state index is 9.15. The third kappa shape index (κ3) is 5.30. The molecule has 0 aliphatic carbocycles. The first-order valence-electron chi connectivity index (χ1n) is 11.3. The van der Waals surface area contributed by atoms with Crippen LogP contribution >= 0.6 is 24.0 Å². The zero-order valence-corrected chi connectivity index (χ0v) is 21.0. The van der Waals surface area contributed by atoms with Crippen molar-refractivity contribution >= 4 is 34.9 Å². The molecule has 0 spiro atoms. The van der Waals surface area contributed by atoms with E-state index in [9.17, 15) is 0 Å². The minimum absolute atomic E-state index is 0.00388. The number of rotatable bonds is 9. The molecule has 0 saturated heterocycles. The van der Waals surface area contributed by atoms with Gasteiger partial charge in [-0.05, 0) is 41.9 Å². The molecule has 176 valence electrons. The number of aliphatic hydroxyl groups is 1.